The van der Waals surface area contributed by atoms with Gasteiger partial charge in [-0.25, -0.2) is 12.7 Å². The number of amides is 1. The molecule has 3 rings (SSSR count). The topological polar surface area (TPSA) is 70.2 Å². The van der Waals surface area contributed by atoms with Crippen LogP contribution in [-0.4, -0.2) is 85.9 Å². The monoisotopic (exact) mass is 449 g/mol. The van der Waals surface area contributed by atoms with E-state index in [-0.39, 0.29) is 11.1 Å². The minimum atomic E-state index is -4.88. The number of carbonyl (C=O) groups is 1. The molecule has 0 N–H and O–H groups in total. The molecule has 0 radical (unpaired) electrons. The van der Waals surface area contributed by atoms with Gasteiger partial charge in [0.05, 0.1) is 11.8 Å². The number of para-hydroxylation sites is 1. The number of hydrogen-bond donors (Lipinski definition) is 0. The fourth-order valence-electron chi connectivity index (χ4n) is 4.28. The van der Waals surface area contributed by atoms with E-state index in [1.165, 1.54) is 33.7 Å². The minimum Gasteiger partial charge on any atom is -0.405 e. The number of benzene rings is 1. The van der Waals surface area contributed by atoms with E-state index in [4.69, 9.17) is 0 Å². The van der Waals surface area contributed by atoms with Crippen molar-refractivity contribution in [2.75, 3.05) is 45.5 Å². The van der Waals surface area contributed by atoms with Gasteiger partial charge in [0.25, 0.3) is 5.91 Å². The summed E-state index contributed by atoms with van der Waals surface area (Å²) in [6.07, 6.45) is -2.19. The molecule has 7 nitrogen and oxygen atoms in total. The van der Waals surface area contributed by atoms with Gasteiger partial charge in [0, 0.05) is 44.8 Å². The van der Waals surface area contributed by atoms with Crippen LogP contribution in [0.5, 0.6) is 5.75 Å². The summed E-state index contributed by atoms with van der Waals surface area (Å²) in [6, 6.07) is 5.33. The smallest absolute Gasteiger partial charge is 0.405 e. The zero-order chi connectivity index (χ0) is 22.2. The average molecular weight is 449 g/mol. The fourth-order valence-corrected chi connectivity index (χ4v) is 5.18. The summed E-state index contributed by atoms with van der Waals surface area (Å²) >= 11 is 0. The molecule has 0 aliphatic carbocycles. The molecule has 0 aromatic heterocycles. The van der Waals surface area contributed by atoms with Gasteiger partial charge in [0.2, 0.25) is 10.0 Å². The van der Waals surface area contributed by atoms with Gasteiger partial charge >= 0.3 is 6.36 Å². The second-order valence-electron chi connectivity index (χ2n) is 7.75. The number of alkyl halides is 3. The predicted molar refractivity (Wildman–Crippen MR) is 105 cm³/mol. The highest BCUT2D eigenvalue weighted by Crippen LogP contribution is 2.34. The van der Waals surface area contributed by atoms with Crippen LogP contribution in [0.25, 0.3) is 0 Å². The molecule has 1 unspecified atom stereocenters. The van der Waals surface area contributed by atoms with Gasteiger partial charge in [-0.1, -0.05) is 19.1 Å². The number of halogens is 3. The van der Waals surface area contributed by atoms with E-state index in [1.54, 1.807) is 0 Å². The summed E-state index contributed by atoms with van der Waals surface area (Å²) in [7, 11) is -3.27. The molecule has 0 bridgehead atoms. The first-order valence-electron chi connectivity index (χ1n) is 9.79. The molecule has 1 amide bonds. The van der Waals surface area contributed by atoms with E-state index in [9.17, 15) is 26.4 Å². The third kappa shape index (κ3) is 4.89. The van der Waals surface area contributed by atoms with Gasteiger partial charge in [-0.3, -0.25) is 9.69 Å². The second-order valence-corrected chi connectivity index (χ2v) is 9.73. The van der Waals surface area contributed by atoms with Crippen molar-refractivity contribution in [2.24, 2.45) is 0 Å². The Labute approximate surface area is 174 Å². The molecule has 2 aliphatic rings. The van der Waals surface area contributed by atoms with E-state index in [0.29, 0.717) is 45.7 Å². The molecule has 30 heavy (non-hydrogen) atoms. The summed E-state index contributed by atoms with van der Waals surface area (Å²) in [4.78, 5) is 16.6. The molecule has 2 aliphatic heterocycles. The normalized spacial score (nSPS) is 24.2. The van der Waals surface area contributed by atoms with Crippen molar-refractivity contribution in [1.82, 2.24) is 14.1 Å². The van der Waals surface area contributed by atoms with Crippen LogP contribution in [0.15, 0.2) is 24.3 Å². The van der Waals surface area contributed by atoms with Gasteiger partial charge in [0.15, 0.2) is 0 Å². The van der Waals surface area contributed by atoms with Crippen LogP contribution in [-0.2, 0) is 10.0 Å². The number of nitrogens with zero attached hydrogens (tertiary/aromatic N) is 3. The van der Waals surface area contributed by atoms with Gasteiger partial charge in [-0.15, -0.1) is 13.2 Å². The first-order valence-corrected chi connectivity index (χ1v) is 11.6. The van der Waals surface area contributed by atoms with Crippen LogP contribution >= 0.6 is 0 Å². The van der Waals surface area contributed by atoms with Crippen molar-refractivity contribution < 1.29 is 31.1 Å². The highest BCUT2D eigenvalue weighted by molar-refractivity contribution is 7.88. The average Bonchev–Trinajstić information content (AvgIpc) is 3.13. The lowest BCUT2D eigenvalue weighted by atomic mass is 9.92. The van der Waals surface area contributed by atoms with Gasteiger partial charge in [-0.05, 0) is 25.0 Å². The van der Waals surface area contributed by atoms with Crippen LogP contribution < -0.4 is 4.74 Å². The minimum absolute atomic E-state index is 0.127. The van der Waals surface area contributed by atoms with E-state index >= 15 is 0 Å². The number of piperazine rings is 1. The van der Waals surface area contributed by atoms with E-state index in [1.807, 2.05) is 6.92 Å². The molecule has 1 aromatic carbocycles. The van der Waals surface area contributed by atoms with Gasteiger partial charge in [-0.2, -0.15) is 0 Å². The Kier molecular flexibility index (Phi) is 6.35. The lowest BCUT2D eigenvalue weighted by Crippen LogP contribution is -2.59. The van der Waals surface area contributed by atoms with Crippen molar-refractivity contribution in [2.45, 2.75) is 31.7 Å². The molecule has 1 atom stereocenters. The molecule has 168 valence electrons. The highest BCUT2D eigenvalue weighted by atomic mass is 32.2. The maximum atomic E-state index is 12.8. The van der Waals surface area contributed by atoms with Crippen LogP contribution in [0.1, 0.15) is 30.1 Å². The fraction of sp³-hybridized carbons (Fsp3) is 0.632. The third-order valence-electron chi connectivity index (χ3n) is 6.01. The quantitative estimate of drug-likeness (QED) is 0.689. The number of carbonyl (C=O) groups excluding carboxylic acids is 1. The summed E-state index contributed by atoms with van der Waals surface area (Å²) in [5.74, 6) is -1.02. The molecule has 2 heterocycles. The molecule has 2 fully saturated rings. The molecule has 2 saturated heterocycles. The summed E-state index contributed by atoms with van der Waals surface area (Å²) < 4.78 is 67.3. The third-order valence-corrected chi connectivity index (χ3v) is 7.25. The van der Waals surface area contributed by atoms with E-state index in [0.717, 1.165) is 12.5 Å². The molecule has 0 saturated carbocycles. The summed E-state index contributed by atoms with van der Waals surface area (Å²) in [5, 5.41) is 0. The van der Waals surface area contributed by atoms with E-state index in [2.05, 4.69) is 9.64 Å². The molecule has 0 spiro atoms. The van der Waals surface area contributed by atoms with Crippen LogP contribution in [0.4, 0.5) is 13.2 Å². The Balaban J connectivity index is 1.68. The maximum Gasteiger partial charge on any atom is 0.573 e. The SMILES string of the molecule is CCC1(N2CCN(C(=O)c3ccccc3OC(F)(F)F)CC2)CCN(S(C)(=O)=O)C1. The standard InChI is InChI=1S/C19H26F3N3O4S/c1-3-18(8-9-25(14-18)30(2,27)28)24-12-10-23(11-13-24)17(26)15-6-4-5-7-16(15)29-19(20,21)22/h4-7H,3,8-14H2,1-2H3. The summed E-state index contributed by atoms with van der Waals surface area (Å²) in [5.41, 5.74) is -0.409. The summed E-state index contributed by atoms with van der Waals surface area (Å²) in [6.45, 7) is 4.65. The number of hydrogen-bond acceptors (Lipinski definition) is 5. The lowest BCUT2D eigenvalue weighted by molar-refractivity contribution is -0.274. The van der Waals surface area contributed by atoms with Crippen LogP contribution in [0.2, 0.25) is 0 Å². The van der Waals surface area contributed by atoms with Crippen molar-refractivity contribution in [1.29, 1.82) is 0 Å². The van der Waals surface area contributed by atoms with Crippen LogP contribution in [0.3, 0.4) is 0 Å². The predicted octanol–water partition coefficient (Wildman–Crippen LogP) is 2.16. The Morgan fingerprint density at radius 1 is 1.13 bits per heavy atom. The van der Waals surface area contributed by atoms with Crippen LogP contribution in [0, 0.1) is 0 Å². The zero-order valence-electron chi connectivity index (χ0n) is 17.0. The Bertz CT molecular complexity index is 885. The highest BCUT2D eigenvalue weighted by Gasteiger charge is 2.45. The number of ether oxygens (including phenoxy) is 1. The van der Waals surface area contributed by atoms with Crippen molar-refractivity contribution in [3.63, 3.8) is 0 Å². The van der Waals surface area contributed by atoms with Gasteiger partial charge in [0.1, 0.15) is 5.75 Å². The largest absolute Gasteiger partial charge is 0.573 e. The van der Waals surface area contributed by atoms with Crippen molar-refractivity contribution in [3.05, 3.63) is 29.8 Å². The number of sulfonamides is 1. The molecule has 11 heteroatoms. The maximum absolute atomic E-state index is 12.8. The molecular formula is C19H26F3N3O4S. The lowest BCUT2D eigenvalue weighted by Gasteiger charge is -2.45. The van der Waals surface area contributed by atoms with Gasteiger partial charge < -0.3 is 9.64 Å². The second kappa shape index (κ2) is 8.35. The molecule has 1 aromatic rings. The van der Waals surface area contributed by atoms with E-state index < -0.39 is 28.0 Å². The van der Waals surface area contributed by atoms with Crippen molar-refractivity contribution >= 4 is 15.9 Å². The number of rotatable bonds is 5. The Morgan fingerprint density at radius 3 is 2.30 bits per heavy atom. The zero-order valence-corrected chi connectivity index (χ0v) is 17.8. The first kappa shape index (κ1) is 22.8. The molecular weight excluding hydrogens is 423 g/mol. The Hall–Kier alpha value is -1.85. The Morgan fingerprint density at radius 2 is 1.77 bits per heavy atom. The first-order chi connectivity index (χ1) is 14.0. The van der Waals surface area contributed by atoms with Crippen molar-refractivity contribution in [3.8, 4) is 5.75 Å².